The van der Waals surface area contributed by atoms with E-state index >= 15 is 0 Å². The highest BCUT2D eigenvalue weighted by Crippen LogP contribution is 2.36. The van der Waals surface area contributed by atoms with Gasteiger partial charge < -0.3 is 10.0 Å². The lowest BCUT2D eigenvalue weighted by Gasteiger charge is -2.22. The molecular weight excluding hydrogens is 291 g/mol. The minimum atomic E-state index is -4.37. The first kappa shape index (κ1) is 16.4. The van der Waals surface area contributed by atoms with Gasteiger partial charge >= 0.3 is 6.18 Å². The Kier molecular flexibility index (Phi) is 4.76. The molecule has 118 valence electrons. The molecule has 0 atom stereocenters. The molecule has 0 saturated heterocycles. The lowest BCUT2D eigenvalue weighted by Crippen LogP contribution is -2.16. The molecule has 1 N–H and O–H groups in total. The number of rotatable bonds is 4. The van der Waals surface area contributed by atoms with Crippen LogP contribution in [0.15, 0.2) is 42.5 Å². The van der Waals surface area contributed by atoms with Crippen LogP contribution in [0.3, 0.4) is 0 Å². The molecule has 0 amide bonds. The standard InChI is InChI=1S/C17H18F3NO/c1-3-21(2)16-8-7-12(11-22)9-15(16)13-5-4-6-14(10-13)17(18,19)20/h4-10,22H,3,11H2,1-2H3. The molecule has 0 unspecified atom stereocenters. The molecule has 2 rings (SSSR count). The summed E-state index contributed by atoms with van der Waals surface area (Å²) >= 11 is 0. The van der Waals surface area contributed by atoms with Gasteiger partial charge in [0.1, 0.15) is 0 Å². The molecule has 0 heterocycles. The van der Waals surface area contributed by atoms with E-state index in [-0.39, 0.29) is 6.61 Å². The molecule has 0 radical (unpaired) electrons. The van der Waals surface area contributed by atoms with Gasteiger partial charge in [-0.25, -0.2) is 0 Å². The minimum absolute atomic E-state index is 0.151. The second-order valence-electron chi connectivity index (χ2n) is 5.10. The number of alkyl halides is 3. The lowest BCUT2D eigenvalue weighted by atomic mass is 9.98. The third-order valence-corrected chi connectivity index (χ3v) is 3.63. The van der Waals surface area contributed by atoms with Crippen molar-refractivity contribution in [1.82, 2.24) is 0 Å². The average molecular weight is 309 g/mol. The maximum Gasteiger partial charge on any atom is 0.416 e. The summed E-state index contributed by atoms with van der Waals surface area (Å²) in [6.45, 7) is 2.54. The first-order valence-corrected chi connectivity index (χ1v) is 6.99. The normalized spacial score (nSPS) is 11.5. The molecular formula is C17H18F3NO. The summed E-state index contributed by atoms with van der Waals surface area (Å²) < 4.78 is 38.7. The summed E-state index contributed by atoms with van der Waals surface area (Å²) in [5.41, 5.74) is 1.99. The van der Waals surface area contributed by atoms with Crippen molar-refractivity contribution in [3.8, 4) is 11.1 Å². The van der Waals surface area contributed by atoms with Gasteiger partial charge in [-0.1, -0.05) is 18.2 Å². The molecule has 2 aromatic carbocycles. The van der Waals surface area contributed by atoms with E-state index in [0.29, 0.717) is 16.7 Å². The Balaban J connectivity index is 2.59. The highest BCUT2D eigenvalue weighted by Gasteiger charge is 2.30. The Labute approximate surface area is 127 Å². The van der Waals surface area contributed by atoms with Crippen LogP contribution in [0.4, 0.5) is 18.9 Å². The zero-order valence-corrected chi connectivity index (χ0v) is 12.5. The van der Waals surface area contributed by atoms with Gasteiger partial charge in [-0.05, 0) is 42.3 Å². The molecule has 0 spiro atoms. The number of benzene rings is 2. The van der Waals surface area contributed by atoms with Crippen LogP contribution in [0.1, 0.15) is 18.1 Å². The van der Waals surface area contributed by atoms with Crippen molar-refractivity contribution in [3.63, 3.8) is 0 Å². The molecule has 0 aliphatic carbocycles. The number of anilines is 1. The SMILES string of the molecule is CCN(C)c1ccc(CO)cc1-c1cccc(C(F)(F)F)c1. The average Bonchev–Trinajstić information content (AvgIpc) is 2.52. The number of hydrogen-bond acceptors (Lipinski definition) is 2. The lowest BCUT2D eigenvalue weighted by molar-refractivity contribution is -0.137. The fourth-order valence-electron chi connectivity index (χ4n) is 2.28. The monoisotopic (exact) mass is 309 g/mol. The van der Waals surface area contributed by atoms with Crippen molar-refractivity contribution >= 4 is 5.69 Å². The first-order chi connectivity index (χ1) is 10.4. The maximum atomic E-state index is 12.9. The second kappa shape index (κ2) is 6.40. The molecule has 5 heteroatoms. The summed E-state index contributed by atoms with van der Waals surface area (Å²) in [5.74, 6) is 0. The van der Waals surface area contributed by atoms with Gasteiger partial charge in [0.25, 0.3) is 0 Å². The zero-order chi connectivity index (χ0) is 16.3. The van der Waals surface area contributed by atoms with Gasteiger partial charge in [-0.15, -0.1) is 0 Å². The van der Waals surface area contributed by atoms with Crippen LogP contribution >= 0.6 is 0 Å². The smallest absolute Gasteiger partial charge is 0.392 e. The Bertz CT molecular complexity index is 653. The number of halogens is 3. The van der Waals surface area contributed by atoms with Crippen molar-refractivity contribution in [3.05, 3.63) is 53.6 Å². The molecule has 0 saturated carbocycles. The molecule has 2 aromatic rings. The van der Waals surface area contributed by atoms with Crippen LogP contribution < -0.4 is 4.90 Å². The predicted molar refractivity (Wildman–Crippen MR) is 81.7 cm³/mol. The van der Waals surface area contributed by atoms with Crippen molar-refractivity contribution in [2.45, 2.75) is 19.7 Å². The molecule has 2 nitrogen and oxygen atoms in total. The molecule has 0 aliphatic heterocycles. The fraction of sp³-hybridized carbons (Fsp3) is 0.294. The van der Waals surface area contributed by atoms with Crippen LogP contribution in [0.5, 0.6) is 0 Å². The van der Waals surface area contributed by atoms with E-state index in [9.17, 15) is 18.3 Å². The molecule has 0 fully saturated rings. The maximum absolute atomic E-state index is 12.9. The fourth-order valence-corrected chi connectivity index (χ4v) is 2.28. The van der Waals surface area contributed by atoms with E-state index in [1.807, 2.05) is 24.9 Å². The third kappa shape index (κ3) is 3.42. The van der Waals surface area contributed by atoms with E-state index < -0.39 is 11.7 Å². The second-order valence-corrected chi connectivity index (χ2v) is 5.10. The largest absolute Gasteiger partial charge is 0.416 e. The van der Waals surface area contributed by atoms with Crippen LogP contribution in [-0.2, 0) is 12.8 Å². The molecule has 0 aliphatic rings. The Hall–Kier alpha value is -2.01. The zero-order valence-electron chi connectivity index (χ0n) is 12.5. The van der Waals surface area contributed by atoms with E-state index in [1.165, 1.54) is 6.07 Å². The van der Waals surface area contributed by atoms with Crippen molar-refractivity contribution in [1.29, 1.82) is 0 Å². The number of nitrogens with zero attached hydrogens (tertiary/aromatic N) is 1. The van der Waals surface area contributed by atoms with Crippen LogP contribution in [-0.4, -0.2) is 18.7 Å². The van der Waals surface area contributed by atoms with Gasteiger partial charge in [-0.3, -0.25) is 0 Å². The van der Waals surface area contributed by atoms with E-state index in [4.69, 9.17) is 0 Å². The van der Waals surface area contributed by atoms with Crippen molar-refractivity contribution in [2.24, 2.45) is 0 Å². The Morgan fingerprint density at radius 3 is 2.41 bits per heavy atom. The van der Waals surface area contributed by atoms with Gasteiger partial charge in [0, 0.05) is 24.8 Å². The van der Waals surface area contributed by atoms with E-state index in [0.717, 1.165) is 24.4 Å². The van der Waals surface area contributed by atoms with Gasteiger partial charge in [0.2, 0.25) is 0 Å². The van der Waals surface area contributed by atoms with E-state index in [1.54, 1.807) is 18.2 Å². The quantitative estimate of drug-likeness (QED) is 0.909. The topological polar surface area (TPSA) is 23.5 Å². The van der Waals surface area contributed by atoms with Crippen LogP contribution in [0, 0.1) is 0 Å². The van der Waals surface area contributed by atoms with Crippen LogP contribution in [0.2, 0.25) is 0 Å². The Morgan fingerprint density at radius 1 is 1.09 bits per heavy atom. The van der Waals surface area contributed by atoms with Crippen molar-refractivity contribution in [2.75, 3.05) is 18.5 Å². The van der Waals surface area contributed by atoms with Crippen molar-refractivity contribution < 1.29 is 18.3 Å². The molecule has 0 bridgehead atoms. The summed E-state index contributed by atoms with van der Waals surface area (Å²) in [5, 5.41) is 9.29. The number of aliphatic hydroxyl groups is 1. The number of hydrogen-bond donors (Lipinski definition) is 1. The summed E-state index contributed by atoms with van der Waals surface area (Å²) in [6.07, 6.45) is -4.37. The minimum Gasteiger partial charge on any atom is -0.392 e. The summed E-state index contributed by atoms with van der Waals surface area (Å²) in [4.78, 5) is 1.96. The first-order valence-electron chi connectivity index (χ1n) is 6.99. The van der Waals surface area contributed by atoms with Gasteiger partial charge in [0.15, 0.2) is 0 Å². The van der Waals surface area contributed by atoms with Gasteiger partial charge in [-0.2, -0.15) is 13.2 Å². The highest BCUT2D eigenvalue weighted by molar-refractivity contribution is 5.79. The predicted octanol–water partition coefficient (Wildman–Crippen LogP) is 4.32. The summed E-state index contributed by atoms with van der Waals surface area (Å²) in [6, 6.07) is 10.6. The van der Waals surface area contributed by atoms with E-state index in [2.05, 4.69) is 0 Å². The number of aliphatic hydroxyl groups excluding tert-OH is 1. The summed E-state index contributed by atoms with van der Waals surface area (Å²) in [7, 11) is 1.88. The van der Waals surface area contributed by atoms with Crippen LogP contribution in [0.25, 0.3) is 11.1 Å². The molecule has 22 heavy (non-hydrogen) atoms. The molecule has 0 aromatic heterocycles. The third-order valence-electron chi connectivity index (χ3n) is 3.63. The van der Waals surface area contributed by atoms with Gasteiger partial charge in [0.05, 0.1) is 12.2 Å². The highest BCUT2D eigenvalue weighted by atomic mass is 19.4. The Morgan fingerprint density at radius 2 is 1.82 bits per heavy atom.